The number of hydrogen-bond donors (Lipinski definition) is 1. The molecular weight excluding hydrogens is 593 g/mol. The molecule has 0 bridgehead atoms. The van der Waals surface area contributed by atoms with Gasteiger partial charge in [-0.1, -0.05) is 12.1 Å². The lowest BCUT2D eigenvalue weighted by Gasteiger charge is -2.37. The fourth-order valence-corrected chi connectivity index (χ4v) is 9.27. The maximum Gasteiger partial charge on any atom is 0.246 e. The Kier molecular flexibility index (Phi) is 12.4. The molecule has 0 aromatic heterocycles. The summed E-state index contributed by atoms with van der Waals surface area (Å²) >= 11 is 0. The quantitative estimate of drug-likeness (QED) is 0.278. The van der Waals surface area contributed by atoms with Crippen LogP contribution in [0.2, 0.25) is 0 Å². The van der Waals surface area contributed by atoms with Gasteiger partial charge in [-0.15, -0.1) is 0 Å². The van der Waals surface area contributed by atoms with E-state index in [-0.39, 0.29) is 24.4 Å². The summed E-state index contributed by atoms with van der Waals surface area (Å²) in [6, 6.07) is 8.93. The first-order valence-electron chi connectivity index (χ1n) is 16.3. The largest absolute Gasteiger partial charge is 0.496 e. The topological polar surface area (TPSA) is 88.2 Å². The van der Waals surface area contributed by atoms with E-state index in [1.165, 1.54) is 6.07 Å². The van der Waals surface area contributed by atoms with Crippen LogP contribution in [0, 0.1) is 44.3 Å². The molecule has 1 aliphatic carbocycles. The summed E-state index contributed by atoms with van der Waals surface area (Å²) in [5, 5.41) is 3.05. The lowest BCUT2D eigenvalue weighted by Crippen LogP contribution is -2.39. The van der Waals surface area contributed by atoms with Crippen molar-refractivity contribution in [2.24, 2.45) is 17.8 Å². The van der Waals surface area contributed by atoms with E-state index in [2.05, 4.69) is 24.3 Å². The number of nitrogens with one attached hydrogen (secondary N) is 1. The molecule has 1 saturated heterocycles. The van der Waals surface area contributed by atoms with Crippen molar-refractivity contribution in [2.45, 2.75) is 76.7 Å². The molecule has 250 valence electrons. The van der Waals surface area contributed by atoms with E-state index in [1.807, 2.05) is 26.8 Å². The summed E-state index contributed by atoms with van der Waals surface area (Å²) < 4.78 is 53.7. The van der Waals surface area contributed by atoms with Gasteiger partial charge in [0, 0.05) is 32.3 Å². The molecule has 1 saturated carbocycles. The number of carbonyl (C=O) groups excluding carboxylic acids is 1. The van der Waals surface area contributed by atoms with Gasteiger partial charge in [0.1, 0.15) is 18.2 Å². The molecule has 1 atom stereocenters. The molecule has 1 unspecified atom stereocenters. The molecule has 0 radical (unpaired) electrons. The normalized spacial score (nSPS) is 20.7. The molecule has 45 heavy (non-hydrogen) atoms. The van der Waals surface area contributed by atoms with Crippen LogP contribution in [-0.2, 0) is 19.6 Å². The predicted octanol–water partition coefficient (Wildman–Crippen LogP) is 5.79. The van der Waals surface area contributed by atoms with Gasteiger partial charge < -0.3 is 19.7 Å². The first-order chi connectivity index (χ1) is 21.4. The first-order valence-corrected chi connectivity index (χ1v) is 17.8. The summed E-state index contributed by atoms with van der Waals surface area (Å²) in [5.74, 6) is 1.69. The van der Waals surface area contributed by atoms with Crippen LogP contribution in [0.5, 0.6) is 5.75 Å². The van der Waals surface area contributed by atoms with Crippen molar-refractivity contribution in [3.05, 3.63) is 58.4 Å². The van der Waals surface area contributed by atoms with E-state index in [0.29, 0.717) is 60.2 Å². The number of piperidine rings is 1. The maximum absolute atomic E-state index is 13.9. The minimum absolute atomic E-state index is 0.0419. The number of amides is 1. The first kappa shape index (κ1) is 35.3. The van der Waals surface area contributed by atoms with Gasteiger partial charge in [0.2, 0.25) is 15.9 Å². The number of carbonyl (C=O) groups is 1. The summed E-state index contributed by atoms with van der Waals surface area (Å²) in [7, 11) is 2.12. The van der Waals surface area contributed by atoms with E-state index in [4.69, 9.17) is 9.47 Å². The molecule has 1 N–H and O–H groups in total. The van der Waals surface area contributed by atoms with Crippen LogP contribution in [0.15, 0.2) is 35.2 Å². The summed E-state index contributed by atoms with van der Waals surface area (Å²) in [6.07, 6.45) is 6.54. The fourth-order valence-electron chi connectivity index (χ4n) is 7.31. The van der Waals surface area contributed by atoms with Crippen molar-refractivity contribution in [3.63, 3.8) is 0 Å². The van der Waals surface area contributed by atoms with Crippen molar-refractivity contribution in [2.75, 3.05) is 54.1 Å². The van der Waals surface area contributed by atoms with Crippen LogP contribution < -0.4 is 10.1 Å². The Morgan fingerprint density at radius 3 is 2.33 bits per heavy atom. The smallest absolute Gasteiger partial charge is 0.246 e. The number of rotatable bonds is 13. The number of methoxy groups -OCH3 is 1. The Labute approximate surface area is 269 Å². The minimum atomic E-state index is -3.59. The number of aryl methyl sites for hydroxylation is 1. The van der Waals surface area contributed by atoms with Gasteiger partial charge in [0.25, 0.3) is 0 Å². The molecule has 4 rings (SSSR count). The Bertz CT molecular complexity index is 1400. The molecule has 1 heterocycles. The summed E-state index contributed by atoms with van der Waals surface area (Å²) in [6.45, 7) is 7.71. The molecule has 1 amide bonds. The van der Waals surface area contributed by atoms with Crippen molar-refractivity contribution in [1.82, 2.24) is 14.5 Å². The van der Waals surface area contributed by atoms with Crippen LogP contribution in [0.3, 0.4) is 0 Å². The lowest BCUT2D eigenvalue weighted by atomic mass is 9.76. The van der Waals surface area contributed by atoms with Gasteiger partial charge in [0.15, 0.2) is 0 Å². The van der Waals surface area contributed by atoms with Crippen molar-refractivity contribution < 1.29 is 27.1 Å². The predicted molar refractivity (Wildman–Crippen MR) is 175 cm³/mol. The zero-order valence-electron chi connectivity index (χ0n) is 27.9. The van der Waals surface area contributed by atoms with Gasteiger partial charge in [-0.2, -0.15) is 4.31 Å². The van der Waals surface area contributed by atoms with E-state index < -0.39 is 10.0 Å². The standard InChI is InChI=1S/C35H52FN3O5S/c1-24-20-32(43-6)25(2)26(3)35(24)45(41,42)39-17-14-27(15-18-39)16-19-44-23-33(40)37-22-28-10-12-29(13-11-28)34(38(4)5)30-8-7-9-31(36)21-30/h7-9,20-21,27-29,34H,10-19,22-23H2,1-6H3,(H,37,40). The lowest BCUT2D eigenvalue weighted by molar-refractivity contribution is -0.126. The second-order valence-electron chi connectivity index (χ2n) is 13.2. The molecule has 0 spiro atoms. The average molecular weight is 646 g/mol. The highest BCUT2D eigenvalue weighted by Crippen LogP contribution is 2.39. The van der Waals surface area contributed by atoms with Gasteiger partial charge in [-0.3, -0.25) is 4.79 Å². The molecule has 8 nitrogen and oxygen atoms in total. The number of hydrogen-bond acceptors (Lipinski definition) is 6. The van der Waals surface area contributed by atoms with E-state index in [9.17, 15) is 17.6 Å². The number of ether oxygens (including phenoxy) is 2. The average Bonchev–Trinajstić information content (AvgIpc) is 3.01. The summed E-state index contributed by atoms with van der Waals surface area (Å²) in [4.78, 5) is 15.0. The Balaban J connectivity index is 1.13. The minimum Gasteiger partial charge on any atom is -0.496 e. The zero-order chi connectivity index (χ0) is 32.7. The van der Waals surface area contributed by atoms with Crippen molar-refractivity contribution in [1.29, 1.82) is 0 Å². The third kappa shape index (κ3) is 8.84. The Morgan fingerprint density at radius 1 is 1.02 bits per heavy atom. The number of nitrogens with zero attached hydrogens (tertiary/aromatic N) is 2. The van der Waals surface area contributed by atoms with Crippen LogP contribution in [-0.4, -0.2) is 77.6 Å². The molecule has 2 fully saturated rings. The zero-order valence-corrected chi connectivity index (χ0v) is 28.7. The SMILES string of the molecule is COc1cc(C)c(S(=O)(=O)N2CCC(CCOCC(=O)NCC3CCC(C(c4cccc(F)c4)N(C)C)CC3)CC2)c(C)c1C. The van der Waals surface area contributed by atoms with Crippen molar-refractivity contribution in [3.8, 4) is 5.75 Å². The molecule has 1 aliphatic heterocycles. The van der Waals surface area contributed by atoms with Gasteiger partial charge in [0.05, 0.1) is 12.0 Å². The molecule has 10 heteroatoms. The van der Waals surface area contributed by atoms with Gasteiger partial charge in [-0.25, -0.2) is 12.8 Å². The molecule has 2 aliphatic rings. The van der Waals surface area contributed by atoms with Crippen LogP contribution in [0.25, 0.3) is 0 Å². The van der Waals surface area contributed by atoms with Crippen molar-refractivity contribution >= 4 is 15.9 Å². The second kappa shape index (κ2) is 15.8. The number of sulfonamides is 1. The molecule has 2 aromatic rings. The highest BCUT2D eigenvalue weighted by molar-refractivity contribution is 7.89. The molecule has 2 aromatic carbocycles. The van der Waals surface area contributed by atoms with Crippen LogP contribution in [0.1, 0.15) is 73.2 Å². The highest BCUT2D eigenvalue weighted by Gasteiger charge is 2.33. The number of halogens is 1. The fraction of sp³-hybridized carbons (Fsp3) is 0.629. The van der Waals surface area contributed by atoms with Crippen LogP contribution in [0.4, 0.5) is 4.39 Å². The Hall–Kier alpha value is -2.53. The van der Waals surface area contributed by atoms with Gasteiger partial charge in [-0.05, 0) is 138 Å². The van der Waals surface area contributed by atoms with Crippen LogP contribution >= 0.6 is 0 Å². The third-order valence-electron chi connectivity index (χ3n) is 9.95. The van der Waals surface area contributed by atoms with Gasteiger partial charge >= 0.3 is 0 Å². The third-order valence-corrected chi connectivity index (χ3v) is 12.1. The summed E-state index contributed by atoms with van der Waals surface area (Å²) in [5.41, 5.74) is 3.32. The number of benzene rings is 2. The highest BCUT2D eigenvalue weighted by atomic mass is 32.2. The Morgan fingerprint density at radius 2 is 1.71 bits per heavy atom. The van der Waals surface area contributed by atoms with E-state index in [1.54, 1.807) is 29.6 Å². The molecular formula is C35H52FN3O5S. The van der Waals surface area contributed by atoms with E-state index >= 15 is 0 Å². The second-order valence-corrected chi connectivity index (χ2v) is 15.1. The van der Waals surface area contributed by atoms with E-state index in [0.717, 1.165) is 61.6 Å². The monoisotopic (exact) mass is 645 g/mol. The maximum atomic E-state index is 13.9.